The molecular formula is C18H25N3O4. The van der Waals surface area contributed by atoms with Crippen molar-refractivity contribution in [2.45, 2.75) is 33.2 Å². The van der Waals surface area contributed by atoms with Gasteiger partial charge >= 0.3 is 17.8 Å². The number of benzene rings is 1. The molecule has 0 atom stereocenters. The summed E-state index contributed by atoms with van der Waals surface area (Å²) in [6, 6.07) is 6.94. The number of para-hydroxylation sites is 1. The zero-order valence-electron chi connectivity index (χ0n) is 15.3. The fourth-order valence-electron chi connectivity index (χ4n) is 2.75. The Morgan fingerprint density at radius 3 is 2.28 bits per heavy atom. The van der Waals surface area contributed by atoms with E-state index in [1.165, 1.54) is 0 Å². The van der Waals surface area contributed by atoms with Crippen molar-refractivity contribution in [2.75, 3.05) is 20.3 Å². The van der Waals surface area contributed by atoms with Crippen LogP contribution >= 0.6 is 0 Å². The summed E-state index contributed by atoms with van der Waals surface area (Å²) >= 11 is 0. The van der Waals surface area contributed by atoms with Crippen LogP contribution in [0.1, 0.15) is 33.3 Å². The van der Waals surface area contributed by atoms with Crippen LogP contribution in [0.4, 0.5) is 4.79 Å². The molecule has 1 heterocycles. The van der Waals surface area contributed by atoms with Crippen molar-refractivity contribution in [3.63, 3.8) is 0 Å². The number of nitrogens with zero attached hydrogens (tertiary/aromatic N) is 2. The molecule has 0 bridgehead atoms. The van der Waals surface area contributed by atoms with Crippen LogP contribution in [0, 0.1) is 5.92 Å². The molecule has 1 aliphatic rings. The van der Waals surface area contributed by atoms with Crippen LogP contribution in [0.3, 0.4) is 0 Å². The van der Waals surface area contributed by atoms with Crippen molar-refractivity contribution in [2.24, 2.45) is 5.92 Å². The molecule has 1 aromatic rings. The maximum Gasteiger partial charge on any atom is 0.335 e. The maximum absolute atomic E-state index is 12.4. The SMILES string of the molecule is COc1ccccc1C(C)(C)NCN1C(=O)C(=O)N(CC(C)C)C1=O. The summed E-state index contributed by atoms with van der Waals surface area (Å²) in [5.41, 5.74) is 0.323. The van der Waals surface area contributed by atoms with Crippen molar-refractivity contribution >= 4 is 17.8 Å². The van der Waals surface area contributed by atoms with Crippen LogP contribution in [0.2, 0.25) is 0 Å². The highest BCUT2D eigenvalue weighted by molar-refractivity contribution is 6.44. The van der Waals surface area contributed by atoms with Gasteiger partial charge in [0.25, 0.3) is 0 Å². The summed E-state index contributed by atoms with van der Waals surface area (Å²) in [5.74, 6) is -0.764. The van der Waals surface area contributed by atoms with Gasteiger partial charge < -0.3 is 4.74 Å². The molecule has 2 rings (SSSR count). The Bertz CT molecular complexity index is 685. The van der Waals surface area contributed by atoms with E-state index < -0.39 is 23.4 Å². The Balaban J connectivity index is 2.13. The van der Waals surface area contributed by atoms with Crippen LogP contribution in [-0.4, -0.2) is 48.0 Å². The first-order chi connectivity index (χ1) is 11.7. The Hall–Kier alpha value is -2.41. The molecule has 0 aromatic heterocycles. The first kappa shape index (κ1) is 18.9. The Morgan fingerprint density at radius 1 is 1.08 bits per heavy atom. The zero-order chi connectivity index (χ0) is 18.8. The quantitative estimate of drug-likeness (QED) is 0.602. The minimum Gasteiger partial charge on any atom is -0.496 e. The molecule has 0 radical (unpaired) electrons. The molecule has 0 aliphatic carbocycles. The van der Waals surface area contributed by atoms with E-state index >= 15 is 0 Å². The van der Waals surface area contributed by atoms with Crippen molar-refractivity contribution < 1.29 is 19.1 Å². The molecule has 0 saturated carbocycles. The van der Waals surface area contributed by atoms with Gasteiger partial charge in [-0.3, -0.25) is 19.8 Å². The molecule has 1 N–H and O–H groups in total. The number of nitrogens with one attached hydrogen (secondary N) is 1. The number of methoxy groups -OCH3 is 1. The van der Waals surface area contributed by atoms with Gasteiger partial charge in [0.2, 0.25) is 0 Å². The predicted octanol–water partition coefficient (Wildman–Crippen LogP) is 1.92. The minimum absolute atomic E-state index is 0.0525. The van der Waals surface area contributed by atoms with Gasteiger partial charge in [-0.2, -0.15) is 0 Å². The predicted molar refractivity (Wildman–Crippen MR) is 92.8 cm³/mol. The van der Waals surface area contributed by atoms with Gasteiger partial charge in [-0.15, -0.1) is 0 Å². The van der Waals surface area contributed by atoms with Crippen LogP contribution in [0.5, 0.6) is 5.75 Å². The zero-order valence-corrected chi connectivity index (χ0v) is 15.3. The summed E-state index contributed by atoms with van der Waals surface area (Å²) in [6.07, 6.45) is 0. The Kier molecular flexibility index (Phi) is 5.47. The molecular weight excluding hydrogens is 322 g/mol. The van der Waals surface area contributed by atoms with E-state index in [1.54, 1.807) is 7.11 Å². The van der Waals surface area contributed by atoms with Crippen molar-refractivity contribution in [1.82, 2.24) is 15.1 Å². The average molecular weight is 347 g/mol. The fraction of sp³-hybridized carbons (Fsp3) is 0.500. The molecule has 1 aromatic carbocycles. The van der Waals surface area contributed by atoms with Crippen LogP contribution in [0.15, 0.2) is 24.3 Å². The second-order valence-electron chi connectivity index (χ2n) is 6.99. The standard InChI is InChI=1S/C18H25N3O4/c1-12(2)10-20-15(22)16(23)21(17(20)24)11-19-18(3,4)13-8-6-7-9-14(13)25-5/h6-9,12,19H,10-11H2,1-5H3. The summed E-state index contributed by atoms with van der Waals surface area (Å²) in [7, 11) is 1.59. The first-order valence-corrected chi connectivity index (χ1v) is 8.25. The van der Waals surface area contributed by atoms with E-state index in [-0.39, 0.29) is 19.1 Å². The van der Waals surface area contributed by atoms with Gasteiger partial charge in [-0.25, -0.2) is 9.69 Å². The van der Waals surface area contributed by atoms with Gasteiger partial charge in [0.1, 0.15) is 5.75 Å². The molecule has 0 spiro atoms. The monoisotopic (exact) mass is 347 g/mol. The highest BCUT2D eigenvalue weighted by Crippen LogP contribution is 2.29. The minimum atomic E-state index is -0.797. The van der Waals surface area contributed by atoms with Crippen LogP contribution in [0.25, 0.3) is 0 Å². The molecule has 1 fully saturated rings. The average Bonchev–Trinajstić information content (AvgIpc) is 2.76. The van der Waals surface area contributed by atoms with E-state index in [4.69, 9.17) is 4.74 Å². The highest BCUT2D eigenvalue weighted by atomic mass is 16.5. The first-order valence-electron chi connectivity index (χ1n) is 8.25. The second kappa shape index (κ2) is 7.23. The Morgan fingerprint density at radius 2 is 1.68 bits per heavy atom. The molecule has 4 amide bonds. The number of ether oxygens (including phenoxy) is 1. The lowest BCUT2D eigenvalue weighted by molar-refractivity contribution is -0.143. The summed E-state index contributed by atoms with van der Waals surface area (Å²) in [5, 5.41) is 3.17. The molecule has 136 valence electrons. The van der Waals surface area contributed by atoms with Gasteiger partial charge in [0.05, 0.1) is 13.8 Å². The number of carbonyl (C=O) groups excluding carboxylic acids is 3. The van der Waals surface area contributed by atoms with E-state index in [2.05, 4.69) is 5.32 Å². The second-order valence-corrected chi connectivity index (χ2v) is 6.99. The lowest BCUT2D eigenvalue weighted by Crippen LogP contribution is -2.47. The highest BCUT2D eigenvalue weighted by Gasteiger charge is 2.44. The summed E-state index contributed by atoms with van der Waals surface area (Å²) < 4.78 is 5.37. The molecule has 1 aliphatic heterocycles. The van der Waals surface area contributed by atoms with Crippen molar-refractivity contribution in [3.8, 4) is 5.75 Å². The summed E-state index contributed by atoms with van der Waals surface area (Å²) in [4.78, 5) is 38.5. The van der Waals surface area contributed by atoms with E-state index in [0.717, 1.165) is 15.4 Å². The normalized spacial score (nSPS) is 15.5. The number of hydrogen-bond acceptors (Lipinski definition) is 5. The molecule has 7 heteroatoms. The number of urea groups is 1. The smallest absolute Gasteiger partial charge is 0.335 e. The number of rotatable bonds is 7. The fourth-order valence-corrected chi connectivity index (χ4v) is 2.75. The van der Waals surface area contributed by atoms with Gasteiger partial charge in [-0.1, -0.05) is 32.0 Å². The lowest BCUT2D eigenvalue weighted by Gasteiger charge is -2.30. The van der Waals surface area contributed by atoms with Gasteiger partial charge in [0, 0.05) is 17.6 Å². The number of imide groups is 2. The van der Waals surface area contributed by atoms with Gasteiger partial charge in [-0.05, 0) is 25.8 Å². The van der Waals surface area contributed by atoms with Crippen LogP contribution < -0.4 is 10.1 Å². The van der Waals surface area contributed by atoms with Gasteiger partial charge in [0.15, 0.2) is 0 Å². The number of amides is 4. The number of carbonyl (C=O) groups is 3. The third-order valence-electron chi connectivity index (χ3n) is 4.14. The summed E-state index contributed by atoms with van der Waals surface area (Å²) in [6.45, 7) is 7.79. The van der Waals surface area contributed by atoms with E-state index in [0.29, 0.717) is 5.75 Å². The third kappa shape index (κ3) is 3.82. The molecule has 25 heavy (non-hydrogen) atoms. The largest absolute Gasteiger partial charge is 0.496 e. The van der Waals surface area contributed by atoms with Crippen molar-refractivity contribution in [3.05, 3.63) is 29.8 Å². The van der Waals surface area contributed by atoms with E-state index in [1.807, 2.05) is 52.0 Å². The molecule has 7 nitrogen and oxygen atoms in total. The maximum atomic E-state index is 12.4. The molecule has 0 unspecified atom stereocenters. The topological polar surface area (TPSA) is 79.0 Å². The lowest BCUT2D eigenvalue weighted by atomic mass is 9.93. The van der Waals surface area contributed by atoms with Crippen molar-refractivity contribution in [1.29, 1.82) is 0 Å². The van der Waals surface area contributed by atoms with Crippen LogP contribution in [-0.2, 0) is 15.1 Å². The Labute approximate surface area is 147 Å². The number of hydrogen-bond donors (Lipinski definition) is 1. The molecule has 1 saturated heterocycles. The third-order valence-corrected chi connectivity index (χ3v) is 4.14. The van der Waals surface area contributed by atoms with E-state index in [9.17, 15) is 14.4 Å².